The average molecular weight is 327 g/mol. The standard InChI is InChI=1S/C18H14FNO2S/c19-12-3-1-11(2-4-12)10-22-13-5-6-16-15(9-13)14-7-8-23-18(21)17(14)20-16/h1-6,9,20H,7-8,10H2. The molecule has 0 spiro atoms. The summed E-state index contributed by atoms with van der Waals surface area (Å²) in [4.78, 5) is 15.2. The summed E-state index contributed by atoms with van der Waals surface area (Å²) >= 11 is 1.36. The van der Waals surface area contributed by atoms with Gasteiger partial charge >= 0.3 is 0 Å². The van der Waals surface area contributed by atoms with Gasteiger partial charge in [-0.25, -0.2) is 4.39 Å². The van der Waals surface area contributed by atoms with Crippen LogP contribution in [0.4, 0.5) is 4.39 Å². The third kappa shape index (κ3) is 2.72. The fourth-order valence-electron chi connectivity index (χ4n) is 2.82. The van der Waals surface area contributed by atoms with Crippen molar-refractivity contribution in [1.82, 2.24) is 4.98 Å². The second-order valence-corrected chi connectivity index (χ2v) is 6.55. The van der Waals surface area contributed by atoms with Crippen LogP contribution in [0.2, 0.25) is 0 Å². The highest BCUT2D eigenvalue weighted by molar-refractivity contribution is 8.14. The predicted molar refractivity (Wildman–Crippen MR) is 89.5 cm³/mol. The monoisotopic (exact) mass is 327 g/mol. The number of carbonyl (C=O) groups is 1. The lowest BCUT2D eigenvalue weighted by Gasteiger charge is -2.10. The van der Waals surface area contributed by atoms with Crippen LogP contribution in [0, 0.1) is 5.82 Å². The molecule has 2 aromatic carbocycles. The molecule has 0 amide bonds. The SMILES string of the molecule is O=C1SCCc2c1[nH]c1ccc(OCc3ccc(F)cc3)cc21. The Balaban J connectivity index is 1.61. The minimum absolute atomic E-state index is 0.108. The number of thioether (sulfide) groups is 1. The molecule has 1 aliphatic heterocycles. The molecule has 1 N–H and O–H groups in total. The molecule has 3 nitrogen and oxygen atoms in total. The predicted octanol–water partition coefficient (Wildman–Crippen LogP) is 4.32. The first kappa shape index (κ1) is 14.3. The Bertz CT molecular complexity index is 886. The Morgan fingerprint density at radius 2 is 2.00 bits per heavy atom. The van der Waals surface area contributed by atoms with Crippen LogP contribution in [-0.4, -0.2) is 15.9 Å². The molecule has 1 aromatic heterocycles. The van der Waals surface area contributed by atoms with E-state index in [4.69, 9.17) is 4.74 Å². The van der Waals surface area contributed by atoms with E-state index < -0.39 is 0 Å². The Kier molecular flexibility index (Phi) is 3.58. The van der Waals surface area contributed by atoms with Gasteiger partial charge in [-0.05, 0) is 47.9 Å². The van der Waals surface area contributed by atoms with Gasteiger partial charge in [0, 0.05) is 16.7 Å². The molecule has 23 heavy (non-hydrogen) atoms. The van der Waals surface area contributed by atoms with Crippen molar-refractivity contribution in [3.8, 4) is 5.75 Å². The molecule has 0 unspecified atom stereocenters. The van der Waals surface area contributed by atoms with E-state index in [1.54, 1.807) is 12.1 Å². The largest absolute Gasteiger partial charge is 0.489 e. The highest BCUT2D eigenvalue weighted by atomic mass is 32.2. The van der Waals surface area contributed by atoms with Crippen molar-refractivity contribution in [2.45, 2.75) is 13.0 Å². The van der Waals surface area contributed by atoms with Gasteiger partial charge in [-0.15, -0.1) is 0 Å². The van der Waals surface area contributed by atoms with Gasteiger partial charge < -0.3 is 9.72 Å². The highest BCUT2D eigenvalue weighted by Gasteiger charge is 2.22. The number of ether oxygens (including phenoxy) is 1. The van der Waals surface area contributed by atoms with Gasteiger partial charge in [0.1, 0.15) is 18.2 Å². The van der Waals surface area contributed by atoms with Gasteiger partial charge in [-0.2, -0.15) is 0 Å². The summed E-state index contributed by atoms with van der Waals surface area (Å²) < 4.78 is 18.7. The fraction of sp³-hybridized carbons (Fsp3) is 0.167. The lowest BCUT2D eigenvalue weighted by Crippen LogP contribution is -2.07. The molecule has 0 aliphatic carbocycles. The second kappa shape index (κ2) is 5.74. The first-order chi connectivity index (χ1) is 11.2. The van der Waals surface area contributed by atoms with Gasteiger partial charge in [0.15, 0.2) is 0 Å². The number of H-pyrrole nitrogens is 1. The molecule has 0 radical (unpaired) electrons. The quantitative estimate of drug-likeness (QED) is 0.779. The van der Waals surface area contributed by atoms with Crippen LogP contribution in [0.3, 0.4) is 0 Å². The molecule has 3 aromatic rings. The minimum Gasteiger partial charge on any atom is -0.489 e. The molecule has 0 atom stereocenters. The normalized spacial score (nSPS) is 14.0. The van der Waals surface area contributed by atoms with E-state index in [2.05, 4.69) is 4.98 Å². The molecule has 0 saturated heterocycles. The van der Waals surface area contributed by atoms with Crippen molar-refractivity contribution in [3.63, 3.8) is 0 Å². The Hall–Kier alpha value is -2.27. The number of hydrogen-bond donors (Lipinski definition) is 1. The summed E-state index contributed by atoms with van der Waals surface area (Å²) in [6, 6.07) is 12.1. The van der Waals surface area contributed by atoms with Crippen molar-refractivity contribution in [2.75, 3.05) is 5.75 Å². The maximum Gasteiger partial charge on any atom is 0.235 e. The number of aryl methyl sites for hydroxylation is 1. The van der Waals surface area contributed by atoms with Gasteiger partial charge in [0.05, 0.1) is 5.69 Å². The van der Waals surface area contributed by atoms with Gasteiger partial charge in [0.2, 0.25) is 5.12 Å². The minimum atomic E-state index is -0.253. The number of nitrogens with one attached hydrogen (secondary N) is 1. The van der Waals surface area contributed by atoms with Crippen LogP contribution in [0.15, 0.2) is 42.5 Å². The molecule has 2 heterocycles. The molecule has 0 fully saturated rings. The first-order valence-electron chi connectivity index (χ1n) is 7.40. The molecule has 0 bridgehead atoms. The van der Waals surface area contributed by atoms with Crippen LogP contribution >= 0.6 is 11.8 Å². The molecule has 0 saturated carbocycles. The Morgan fingerprint density at radius 3 is 2.83 bits per heavy atom. The lowest BCUT2D eigenvalue weighted by atomic mass is 10.1. The molecular formula is C18H14FNO2S. The summed E-state index contributed by atoms with van der Waals surface area (Å²) in [6.45, 7) is 0.382. The maximum atomic E-state index is 12.9. The molecule has 1 aliphatic rings. The lowest BCUT2D eigenvalue weighted by molar-refractivity contribution is 0.108. The smallest absolute Gasteiger partial charge is 0.235 e. The van der Waals surface area contributed by atoms with Crippen molar-refractivity contribution in [3.05, 3.63) is 65.1 Å². The third-order valence-corrected chi connectivity index (χ3v) is 4.86. The van der Waals surface area contributed by atoms with Crippen LogP contribution in [0.5, 0.6) is 5.75 Å². The van der Waals surface area contributed by atoms with E-state index in [1.807, 2.05) is 18.2 Å². The maximum absolute atomic E-state index is 12.9. The van der Waals surface area contributed by atoms with E-state index >= 15 is 0 Å². The van der Waals surface area contributed by atoms with Crippen molar-refractivity contribution < 1.29 is 13.9 Å². The number of hydrogen-bond acceptors (Lipinski definition) is 3. The molecule has 4 rings (SSSR count). The number of aromatic nitrogens is 1. The zero-order valence-corrected chi connectivity index (χ0v) is 13.1. The summed E-state index contributed by atoms with van der Waals surface area (Å²) in [5.74, 6) is 1.31. The van der Waals surface area contributed by atoms with Gasteiger partial charge in [-0.3, -0.25) is 4.79 Å². The highest BCUT2D eigenvalue weighted by Crippen LogP contribution is 2.33. The fourth-order valence-corrected chi connectivity index (χ4v) is 3.63. The summed E-state index contributed by atoms with van der Waals surface area (Å²) in [5, 5.41) is 1.15. The summed E-state index contributed by atoms with van der Waals surface area (Å²) in [6.07, 6.45) is 0.882. The average Bonchev–Trinajstić information content (AvgIpc) is 2.94. The van der Waals surface area contributed by atoms with Crippen LogP contribution in [-0.2, 0) is 13.0 Å². The van der Waals surface area contributed by atoms with E-state index in [-0.39, 0.29) is 10.9 Å². The third-order valence-electron chi connectivity index (χ3n) is 3.99. The van der Waals surface area contributed by atoms with Crippen molar-refractivity contribution in [2.24, 2.45) is 0 Å². The zero-order chi connectivity index (χ0) is 15.8. The van der Waals surface area contributed by atoms with Gasteiger partial charge in [0.25, 0.3) is 0 Å². The number of halogens is 1. The van der Waals surface area contributed by atoms with Crippen molar-refractivity contribution in [1.29, 1.82) is 0 Å². The summed E-state index contributed by atoms with van der Waals surface area (Å²) in [7, 11) is 0. The number of fused-ring (bicyclic) bond motifs is 3. The van der Waals surface area contributed by atoms with Crippen molar-refractivity contribution >= 4 is 27.8 Å². The van der Waals surface area contributed by atoms with Crippen LogP contribution in [0.1, 0.15) is 21.6 Å². The van der Waals surface area contributed by atoms with E-state index in [1.165, 1.54) is 23.9 Å². The first-order valence-corrected chi connectivity index (χ1v) is 8.38. The number of benzene rings is 2. The summed E-state index contributed by atoms with van der Waals surface area (Å²) in [5.41, 5.74) is 3.66. The Labute approximate surface area is 136 Å². The van der Waals surface area contributed by atoms with Gasteiger partial charge in [-0.1, -0.05) is 23.9 Å². The number of rotatable bonds is 3. The van der Waals surface area contributed by atoms with E-state index in [0.29, 0.717) is 12.3 Å². The second-order valence-electron chi connectivity index (χ2n) is 5.49. The zero-order valence-electron chi connectivity index (χ0n) is 12.3. The molecule has 116 valence electrons. The van der Waals surface area contributed by atoms with E-state index in [9.17, 15) is 9.18 Å². The Morgan fingerprint density at radius 1 is 1.17 bits per heavy atom. The molecule has 5 heteroatoms. The van der Waals surface area contributed by atoms with Crippen LogP contribution < -0.4 is 4.74 Å². The van der Waals surface area contributed by atoms with Crippen LogP contribution in [0.25, 0.3) is 10.9 Å². The number of aromatic amines is 1. The molecular weight excluding hydrogens is 313 g/mol. The van der Waals surface area contributed by atoms with E-state index in [0.717, 1.165) is 40.0 Å². The topological polar surface area (TPSA) is 42.1 Å². The number of carbonyl (C=O) groups excluding carboxylic acids is 1.